The van der Waals surface area contributed by atoms with Gasteiger partial charge >= 0.3 is 0 Å². The van der Waals surface area contributed by atoms with Crippen LogP contribution in [-0.2, 0) is 4.79 Å². The Balaban J connectivity index is 2.19. The third-order valence-electron chi connectivity index (χ3n) is 3.45. The van der Waals surface area contributed by atoms with Crippen LogP contribution in [0.1, 0.15) is 34.8 Å². The van der Waals surface area contributed by atoms with Crippen LogP contribution in [0.4, 0.5) is 11.4 Å². The minimum Gasteiger partial charge on any atom is -0.326 e. The number of anilines is 2. The summed E-state index contributed by atoms with van der Waals surface area (Å²) in [5, 5.41) is 5.69. The summed E-state index contributed by atoms with van der Waals surface area (Å²) < 4.78 is 0. The average Bonchev–Trinajstić information content (AvgIpc) is 2.51. The van der Waals surface area contributed by atoms with E-state index < -0.39 is 0 Å². The van der Waals surface area contributed by atoms with Crippen molar-refractivity contribution >= 4 is 23.2 Å². The van der Waals surface area contributed by atoms with Crippen molar-refractivity contribution in [1.82, 2.24) is 0 Å². The van der Waals surface area contributed by atoms with Gasteiger partial charge in [0, 0.05) is 23.4 Å². The van der Waals surface area contributed by atoms with Gasteiger partial charge in [-0.05, 0) is 43.2 Å². The third kappa shape index (κ3) is 3.73. The lowest BCUT2D eigenvalue weighted by Gasteiger charge is -2.12. The Morgan fingerprint density at radius 3 is 2.23 bits per heavy atom. The van der Waals surface area contributed by atoms with Gasteiger partial charge in [0.15, 0.2) is 0 Å². The summed E-state index contributed by atoms with van der Waals surface area (Å²) in [6, 6.07) is 12.8. The maximum absolute atomic E-state index is 12.4. The quantitative estimate of drug-likeness (QED) is 0.899. The smallest absolute Gasteiger partial charge is 0.255 e. The molecular weight excluding hydrogens is 276 g/mol. The van der Waals surface area contributed by atoms with Crippen molar-refractivity contribution in [3.8, 4) is 0 Å². The van der Waals surface area contributed by atoms with E-state index >= 15 is 0 Å². The molecule has 22 heavy (non-hydrogen) atoms. The second-order valence-corrected chi connectivity index (χ2v) is 5.20. The largest absolute Gasteiger partial charge is 0.326 e. The van der Waals surface area contributed by atoms with Crippen LogP contribution in [0.15, 0.2) is 42.5 Å². The first-order valence-electron chi connectivity index (χ1n) is 7.28. The Hall–Kier alpha value is -2.62. The van der Waals surface area contributed by atoms with Crippen molar-refractivity contribution < 1.29 is 9.59 Å². The first-order valence-corrected chi connectivity index (χ1v) is 7.28. The molecule has 0 atom stereocenters. The SMILES string of the molecule is CCC(=O)Nc1cccc(C(=O)Nc2c(C)cccc2C)c1. The highest BCUT2D eigenvalue weighted by molar-refractivity contribution is 6.06. The molecule has 0 fully saturated rings. The van der Waals surface area contributed by atoms with E-state index in [1.165, 1.54) is 0 Å². The number of carbonyl (C=O) groups excluding carboxylic acids is 2. The molecule has 0 bridgehead atoms. The molecule has 114 valence electrons. The van der Waals surface area contributed by atoms with Crippen molar-refractivity contribution in [2.45, 2.75) is 27.2 Å². The molecule has 0 saturated heterocycles. The molecule has 2 N–H and O–H groups in total. The van der Waals surface area contributed by atoms with Gasteiger partial charge in [-0.15, -0.1) is 0 Å². The predicted molar refractivity (Wildman–Crippen MR) is 89.2 cm³/mol. The number of carbonyl (C=O) groups is 2. The van der Waals surface area contributed by atoms with Crippen molar-refractivity contribution in [2.24, 2.45) is 0 Å². The summed E-state index contributed by atoms with van der Waals surface area (Å²) in [7, 11) is 0. The third-order valence-corrected chi connectivity index (χ3v) is 3.45. The standard InChI is InChI=1S/C18H20N2O2/c1-4-16(21)19-15-10-6-9-14(11-15)18(22)20-17-12(2)7-5-8-13(17)3/h5-11H,4H2,1-3H3,(H,19,21)(H,20,22). The molecule has 2 amide bonds. The fourth-order valence-electron chi connectivity index (χ4n) is 2.18. The van der Waals surface area contributed by atoms with Gasteiger partial charge in [-0.2, -0.15) is 0 Å². The second-order valence-electron chi connectivity index (χ2n) is 5.20. The molecule has 0 heterocycles. The maximum Gasteiger partial charge on any atom is 0.255 e. The molecule has 2 aromatic carbocycles. The van der Waals surface area contributed by atoms with Gasteiger partial charge in [0.2, 0.25) is 5.91 Å². The number of benzene rings is 2. The molecule has 0 aliphatic rings. The van der Waals surface area contributed by atoms with Crippen molar-refractivity contribution in [2.75, 3.05) is 10.6 Å². The van der Waals surface area contributed by atoms with Crippen molar-refractivity contribution in [3.63, 3.8) is 0 Å². The number of hydrogen-bond acceptors (Lipinski definition) is 2. The van der Waals surface area contributed by atoms with E-state index in [4.69, 9.17) is 0 Å². The molecule has 0 radical (unpaired) electrons. The zero-order chi connectivity index (χ0) is 16.1. The Labute approximate surface area is 130 Å². The average molecular weight is 296 g/mol. The van der Waals surface area contributed by atoms with E-state index in [0.717, 1.165) is 16.8 Å². The minimum absolute atomic E-state index is 0.0766. The van der Waals surface area contributed by atoms with Gasteiger partial charge in [0.05, 0.1) is 0 Å². The van der Waals surface area contributed by atoms with E-state index in [9.17, 15) is 9.59 Å². The highest BCUT2D eigenvalue weighted by Gasteiger charge is 2.10. The Morgan fingerprint density at radius 1 is 0.955 bits per heavy atom. The molecule has 0 aromatic heterocycles. The van der Waals surface area contributed by atoms with Crippen molar-refractivity contribution in [1.29, 1.82) is 0 Å². The fraction of sp³-hybridized carbons (Fsp3) is 0.222. The molecular formula is C18H20N2O2. The molecule has 0 aliphatic carbocycles. The molecule has 0 unspecified atom stereocenters. The molecule has 4 nitrogen and oxygen atoms in total. The van der Waals surface area contributed by atoms with Crippen molar-refractivity contribution in [3.05, 3.63) is 59.2 Å². The summed E-state index contributed by atoms with van der Waals surface area (Å²) in [6.07, 6.45) is 0.402. The number of amides is 2. The Kier molecular flexibility index (Phi) is 4.94. The first kappa shape index (κ1) is 15.8. The summed E-state index contributed by atoms with van der Waals surface area (Å²) in [5.41, 5.74) is 4.00. The second kappa shape index (κ2) is 6.89. The number of nitrogens with one attached hydrogen (secondary N) is 2. The highest BCUT2D eigenvalue weighted by atomic mass is 16.2. The molecule has 2 rings (SSSR count). The van der Waals surface area contributed by atoms with Gasteiger partial charge in [-0.25, -0.2) is 0 Å². The van der Waals surface area contributed by atoms with E-state index in [1.807, 2.05) is 32.0 Å². The van der Waals surface area contributed by atoms with Gasteiger partial charge in [0.25, 0.3) is 5.91 Å². The van der Waals surface area contributed by atoms with E-state index in [-0.39, 0.29) is 11.8 Å². The fourth-order valence-corrected chi connectivity index (χ4v) is 2.18. The molecule has 0 saturated carbocycles. The van der Waals surface area contributed by atoms with Gasteiger partial charge in [0.1, 0.15) is 0 Å². The zero-order valence-electron chi connectivity index (χ0n) is 13.1. The highest BCUT2D eigenvalue weighted by Crippen LogP contribution is 2.21. The van der Waals surface area contributed by atoms with Crippen LogP contribution in [0, 0.1) is 13.8 Å². The number of para-hydroxylation sites is 1. The van der Waals surface area contributed by atoms with Crippen LogP contribution in [0.2, 0.25) is 0 Å². The zero-order valence-corrected chi connectivity index (χ0v) is 13.1. The van der Waals surface area contributed by atoms with E-state index in [1.54, 1.807) is 31.2 Å². The lowest BCUT2D eigenvalue weighted by molar-refractivity contribution is -0.115. The number of aryl methyl sites for hydroxylation is 2. The normalized spacial score (nSPS) is 10.1. The number of hydrogen-bond donors (Lipinski definition) is 2. The van der Waals surface area contributed by atoms with Gasteiger partial charge < -0.3 is 10.6 Å². The topological polar surface area (TPSA) is 58.2 Å². The lowest BCUT2D eigenvalue weighted by Crippen LogP contribution is -2.15. The molecule has 0 aliphatic heterocycles. The van der Waals surface area contributed by atoms with Crippen LogP contribution in [0.25, 0.3) is 0 Å². The van der Waals surface area contributed by atoms with E-state index in [2.05, 4.69) is 10.6 Å². The summed E-state index contributed by atoms with van der Waals surface area (Å²) in [6.45, 7) is 5.70. The maximum atomic E-state index is 12.4. The molecule has 4 heteroatoms. The van der Waals surface area contributed by atoms with Crippen LogP contribution in [-0.4, -0.2) is 11.8 Å². The minimum atomic E-state index is -0.190. The lowest BCUT2D eigenvalue weighted by atomic mass is 10.1. The Morgan fingerprint density at radius 2 is 1.59 bits per heavy atom. The van der Waals surface area contributed by atoms with Gasteiger partial charge in [-0.1, -0.05) is 31.2 Å². The summed E-state index contributed by atoms with van der Waals surface area (Å²) >= 11 is 0. The molecule has 0 spiro atoms. The summed E-state index contributed by atoms with van der Waals surface area (Å²) in [5.74, 6) is -0.266. The number of rotatable bonds is 4. The van der Waals surface area contributed by atoms with Crippen LogP contribution in [0.3, 0.4) is 0 Å². The van der Waals surface area contributed by atoms with Crippen LogP contribution < -0.4 is 10.6 Å². The van der Waals surface area contributed by atoms with E-state index in [0.29, 0.717) is 17.7 Å². The van der Waals surface area contributed by atoms with Crippen LogP contribution >= 0.6 is 0 Å². The monoisotopic (exact) mass is 296 g/mol. The van der Waals surface area contributed by atoms with Crippen LogP contribution in [0.5, 0.6) is 0 Å². The summed E-state index contributed by atoms with van der Waals surface area (Å²) in [4.78, 5) is 23.8. The predicted octanol–water partition coefficient (Wildman–Crippen LogP) is 3.90. The Bertz CT molecular complexity index is 688. The van der Waals surface area contributed by atoms with Gasteiger partial charge in [-0.3, -0.25) is 9.59 Å². The first-order chi connectivity index (χ1) is 10.5. The molecule has 2 aromatic rings.